The number of hydrogen-bond acceptors (Lipinski definition) is 6. The molecule has 0 aliphatic carbocycles. The van der Waals surface area contributed by atoms with E-state index in [1.165, 1.54) is 6.21 Å². The van der Waals surface area contributed by atoms with Crippen LogP contribution in [0.2, 0.25) is 5.02 Å². The van der Waals surface area contributed by atoms with Gasteiger partial charge in [0.25, 0.3) is 5.91 Å². The molecule has 3 N–H and O–H groups in total. The number of carbonyl (C=O) groups is 3. The maximum absolute atomic E-state index is 12.1. The first kappa shape index (κ1) is 26.8. The molecule has 10 heteroatoms. The third-order valence-electron chi connectivity index (χ3n) is 4.44. The molecule has 0 atom stereocenters. The summed E-state index contributed by atoms with van der Waals surface area (Å²) in [6, 6.07) is 12.0. The molecule has 182 valence electrons. The summed E-state index contributed by atoms with van der Waals surface area (Å²) in [7, 11) is 0. The van der Waals surface area contributed by atoms with Crippen LogP contribution in [0.4, 0.5) is 5.69 Å². The number of amides is 3. The van der Waals surface area contributed by atoms with Crippen LogP contribution in [0.1, 0.15) is 31.4 Å². The number of benzene rings is 2. The van der Waals surface area contributed by atoms with Crippen molar-refractivity contribution < 1.29 is 23.9 Å². The SMILES string of the molecule is Cc1c(Cl)cccc1NC(=O)COc1ccc(/C=N\NC(=O)C(=O)NCCCOC(C)C)cc1. The fraction of sp³-hybridized carbons (Fsp3) is 0.333. The van der Waals surface area contributed by atoms with Crippen molar-refractivity contribution in [1.82, 2.24) is 10.7 Å². The van der Waals surface area contributed by atoms with Crippen molar-refractivity contribution in [2.45, 2.75) is 33.3 Å². The first-order chi connectivity index (χ1) is 16.3. The molecule has 0 fully saturated rings. The lowest BCUT2D eigenvalue weighted by atomic mass is 10.2. The molecule has 0 aromatic heterocycles. The van der Waals surface area contributed by atoms with Gasteiger partial charge in [0, 0.05) is 23.9 Å². The third kappa shape index (κ3) is 9.60. The fourth-order valence-electron chi connectivity index (χ4n) is 2.62. The Morgan fingerprint density at radius 2 is 1.82 bits per heavy atom. The van der Waals surface area contributed by atoms with Gasteiger partial charge in [-0.1, -0.05) is 17.7 Å². The number of hydrazone groups is 1. The van der Waals surface area contributed by atoms with Crippen molar-refractivity contribution in [1.29, 1.82) is 0 Å². The summed E-state index contributed by atoms with van der Waals surface area (Å²) in [5.41, 5.74) is 4.24. The molecule has 2 aromatic carbocycles. The summed E-state index contributed by atoms with van der Waals surface area (Å²) < 4.78 is 10.8. The van der Waals surface area contributed by atoms with Crippen molar-refractivity contribution in [2.24, 2.45) is 5.10 Å². The minimum atomic E-state index is -0.859. The van der Waals surface area contributed by atoms with E-state index in [1.807, 2.05) is 20.8 Å². The van der Waals surface area contributed by atoms with E-state index in [-0.39, 0.29) is 18.6 Å². The number of halogens is 1. The third-order valence-corrected chi connectivity index (χ3v) is 4.85. The minimum absolute atomic E-state index is 0.123. The maximum Gasteiger partial charge on any atom is 0.329 e. The lowest BCUT2D eigenvalue weighted by Crippen LogP contribution is -2.38. The normalized spacial score (nSPS) is 10.9. The number of nitrogens with zero attached hydrogens (tertiary/aromatic N) is 1. The van der Waals surface area contributed by atoms with Gasteiger partial charge in [0.2, 0.25) is 0 Å². The average molecular weight is 489 g/mol. The van der Waals surface area contributed by atoms with Crippen LogP contribution in [0.25, 0.3) is 0 Å². The van der Waals surface area contributed by atoms with Gasteiger partial charge in [0.15, 0.2) is 6.61 Å². The first-order valence-electron chi connectivity index (χ1n) is 10.8. The first-order valence-corrected chi connectivity index (χ1v) is 11.1. The molecule has 3 amide bonds. The van der Waals surface area contributed by atoms with E-state index in [0.29, 0.717) is 41.6 Å². The Morgan fingerprint density at radius 3 is 2.53 bits per heavy atom. The Balaban J connectivity index is 1.71. The number of carbonyl (C=O) groups excluding carboxylic acids is 3. The quantitative estimate of drug-likeness (QED) is 0.194. The smallest absolute Gasteiger partial charge is 0.329 e. The molecular formula is C24H29ClN4O5. The van der Waals surface area contributed by atoms with Gasteiger partial charge in [-0.05, 0) is 74.7 Å². The van der Waals surface area contributed by atoms with Crippen LogP contribution in [0, 0.1) is 6.92 Å². The van der Waals surface area contributed by atoms with E-state index in [2.05, 4.69) is 21.2 Å². The van der Waals surface area contributed by atoms with Crippen LogP contribution in [0.3, 0.4) is 0 Å². The van der Waals surface area contributed by atoms with Crippen molar-refractivity contribution in [3.63, 3.8) is 0 Å². The fourth-order valence-corrected chi connectivity index (χ4v) is 2.79. The van der Waals surface area contributed by atoms with E-state index in [0.717, 1.165) is 5.56 Å². The van der Waals surface area contributed by atoms with E-state index < -0.39 is 11.8 Å². The highest BCUT2D eigenvalue weighted by Crippen LogP contribution is 2.22. The molecule has 34 heavy (non-hydrogen) atoms. The van der Waals surface area contributed by atoms with Gasteiger partial charge in [0.05, 0.1) is 12.3 Å². The van der Waals surface area contributed by atoms with Crippen LogP contribution in [0.5, 0.6) is 5.75 Å². The van der Waals surface area contributed by atoms with Crippen molar-refractivity contribution >= 4 is 41.2 Å². The van der Waals surface area contributed by atoms with Gasteiger partial charge < -0.3 is 20.1 Å². The molecule has 0 saturated heterocycles. The molecule has 2 aromatic rings. The molecule has 0 heterocycles. The predicted molar refractivity (Wildman–Crippen MR) is 131 cm³/mol. The lowest BCUT2D eigenvalue weighted by molar-refractivity contribution is -0.139. The Bertz CT molecular complexity index is 1010. The zero-order valence-electron chi connectivity index (χ0n) is 19.4. The van der Waals surface area contributed by atoms with Crippen LogP contribution in [-0.4, -0.2) is 49.8 Å². The molecule has 0 aliphatic rings. The van der Waals surface area contributed by atoms with Gasteiger partial charge >= 0.3 is 11.8 Å². The largest absolute Gasteiger partial charge is 0.484 e. The Labute approximate surface area is 203 Å². The summed E-state index contributed by atoms with van der Waals surface area (Å²) in [5, 5.41) is 9.59. The van der Waals surface area contributed by atoms with Gasteiger partial charge in [-0.2, -0.15) is 5.10 Å². The summed E-state index contributed by atoms with van der Waals surface area (Å²) in [6.07, 6.45) is 2.12. The Hall–Kier alpha value is -3.43. The topological polar surface area (TPSA) is 118 Å². The minimum Gasteiger partial charge on any atom is -0.484 e. The number of anilines is 1. The van der Waals surface area contributed by atoms with Crippen LogP contribution >= 0.6 is 11.6 Å². The molecule has 2 rings (SSSR count). The summed E-state index contributed by atoms with van der Waals surface area (Å²) in [5.74, 6) is -1.46. The van der Waals surface area contributed by atoms with E-state index in [1.54, 1.807) is 42.5 Å². The van der Waals surface area contributed by atoms with Gasteiger partial charge in [-0.15, -0.1) is 0 Å². The van der Waals surface area contributed by atoms with E-state index in [4.69, 9.17) is 21.1 Å². The van der Waals surface area contributed by atoms with Gasteiger partial charge in [-0.3, -0.25) is 14.4 Å². The Kier molecular flexibility index (Phi) is 11.0. The van der Waals surface area contributed by atoms with Crippen molar-refractivity contribution in [3.05, 3.63) is 58.6 Å². The highest BCUT2D eigenvalue weighted by atomic mass is 35.5. The zero-order valence-corrected chi connectivity index (χ0v) is 20.1. The number of ether oxygens (including phenoxy) is 2. The van der Waals surface area contributed by atoms with Crippen LogP contribution < -0.4 is 20.8 Å². The highest BCUT2D eigenvalue weighted by molar-refractivity contribution is 6.35. The van der Waals surface area contributed by atoms with Crippen molar-refractivity contribution in [2.75, 3.05) is 25.1 Å². The predicted octanol–water partition coefficient (Wildman–Crippen LogP) is 3.05. The molecule has 0 aliphatic heterocycles. The molecule has 0 unspecified atom stereocenters. The zero-order chi connectivity index (χ0) is 24.9. The lowest BCUT2D eigenvalue weighted by Gasteiger charge is -2.10. The van der Waals surface area contributed by atoms with Crippen LogP contribution in [0.15, 0.2) is 47.6 Å². The second kappa shape index (κ2) is 14.0. The van der Waals surface area contributed by atoms with Crippen LogP contribution in [-0.2, 0) is 19.1 Å². The summed E-state index contributed by atoms with van der Waals surface area (Å²) >= 11 is 6.05. The summed E-state index contributed by atoms with van der Waals surface area (Å²) in [6.45, 7) is 6.33. The molecule has 0 spiro atoms. The van der Waals surface area contributed by atoms with E-state index in [9.17, 15) is 14.4 Å². The molecule has 9 nitrogen and oxygen atoms in total. The monoisotopic (exact) mass is 488 g/mol. The number of rotatable bonds is 11. The standard InChI is InChI=1S/C24H29ClN4O5/c1-16(2)33-13-5-12-26-23(31)24(32)29-27-14-18-8-10-19(11-9-18)34-15-22(30)28-21-7-4-6-20(25)17(21)3/h4,6-11,14,16H,5,12-13,15H2,1-3H3,(H,26,31)(H,28,30)(H,29,32)/b27-14-. The highest BCUT2D eigenvalue weighted by Gasteiger charge is 2.11. The van der Waals surface area contributed by atoms with Crippen molar-refractivity contribution in [3.8, 4) is 5.75 Å². The number of nitrogens with one attached hydrogen (secondary N) is 3. The molecular weight excluding hydrogens is 460 g/mol. The molecule has 0 radical (unpaired) electrons. The van der Waals surface area contributed by atoms with Gasteiger partial charge in [-0.25, -0.2) is 5.43 Å². The number of hydrogen-bond donors (Lipinski definition) is 3. The molecule has 0 bridgehead atoms. The second-order valence-corrected chi connectivity index (χ2v) is 7.95. The molecule has 0 saturated carbocycles. The van der Waals surface area contributed by atoms with Gasteiger partial charge in [0.1, 0.15) is 5.75 Å². The maximum atomic E-state index is 12.1. The summed E-state index contributed by atoms with van der Waals surface area (Å²) in [4.78, 5) is 35.6. The van der Waals surface area contributed by atoms with E-state index >= 15 is 0 Å². The second-order valence-electron chi connectivity index (χ2n) is 7.55. The average Bonchev–Trinajstić information content (AvgIpc) is 2.81. The Morgan fingerprint density at radius 1 is 1.09 bits per heavy atom.